The van der Waals surface area contributed by atoms with Crippen LogP contribution in [0.5, 0.6) is 0 Å². The van der Waals surface area contributed by atoms with Gasteiger partial charge in [0.15, 0.2) is 5.96 Å². The Morgan fingerprint density at radius 3 is 2.32 bits per heavy atom. The van der Waals surface area contributed by atoms with Gasteiger partial charge in [-0.25, -0.2) is 0 Å². The van der Waals surface area contributed by atoms with E-state index in [0.717, 1.165) is 55.9 Å². The maximum Gasteiger partial charge on any atom is 0.193 e. The van der Waals surface area contributed by atoms with E-state index in [-0.39, 0.29) is 24.0 Å². The van der Waals surface area contributed by atoms with Crippen molar-refractivity contribution in [3.05, 3.63) is 0 Å². The minimum absolute atomic E-state index is 0. The fourth-order valence-corrected chi connectivity index (χ4v) is 3.20. The van der Waals surface area contributed by atoms with Crippen molar-refractivity contribution >= 4 is 29.9 Å². The molecule has 5 heteroatoms. The fraction of sp³-hybridized carbons (Fsp3) is 0.941. The van der Waals surface area contributed by atoms with Crippen LogP contribution in [0.4, 0.5) is 0 Å². The molecule has 0 atom stereocenters. The number of hydrogen-bond donors (Lipinski definition) is 1. The highest BCUT2D eigenvalue weighted by Crippen LogP contribution is 2.48. The summed E-state index contributed by atoms with van der Waals surface area (Å²) < 4.78 is 5.72. The van der Waals surface area contributed by atoms with Gasteiger partial charge in [-0.05, 0) is 62.2 Å². The first-order valence-electron chi connectivity index (χ1n) is 8.77. The third-order valence-corrected chi connectivity index (χ3v) is 5.15. The Morgan fingerprint density at radius 2 is 1.82 bits per heavy atom. The summed E-state index contributed by atoms with van der Waals surface area (Å²) in [5.74, 6) is 4.76. The highest BCUT2D eigenvalue weighted by Gasteiger charge is 2.41. The largest absolute Gasteiger partial charge is 0.379 e. The summed E-state index contributed by atoms with van der Waals surface area (Å²) in [4.78, 5) is 6.62. The second kappa shape index (κ2) is 8.71. The summed E-state index contributed by atoms with van der Waals surface area (Å²) in [7, 11) is 3.99. The molecule has 0 aromatic carbocycles. The number of ether oxygens (including phenoxy) is 1. The predicted octanol–water partition coefficient (Wildman–Crippen LogP) is 2.97. The third kappa shape index (κ3) is 5.87. The fourth-order valence-electron chi connectivity index (χ4n) is 3.20. The zero-order chi connectivity index (χ0) is 14.7. The molecule has 3 saturated carbocycles. The van der Waals surface area contributed by atoms with E-state index in [1.807, 2.05) is 7.05 Å². The van der Waals surface area contributed by atoms with Crippen LogP contribution >= 0.6 is 24.0 Å². The molecule has 0 aromatic rings. The summed E-state index contributed by atoms with van der Waals surface area (Å²) in [6.45, 7) is 3.78. The number of guanidine groups is 1. The molecule has 4 nitrogen and oxygen atoms in total. The van der Waals surface area contributed by atoms with Crippen molar-refractivity contribution < 1.29 is 4.74 Å². The molecule has 0 bridgehead atoms. The first kappa shape index (κ1) is 18.3. The van der Waals surface area contributed by atoms with Gasteiger partial charge < -0.3 is 15.0 Å². The first-order valence-corrected chi connectivity index (χ1v) is 8.77. The maximum absolute atomic E-state index is 5.72. The van der Waals surface area contributed by atoms with Crippen LogP contribution in [0, 0.1) is 23.7 Å². The monoisotopic (exact) mass is 421 g/mol. The van der Waals surface area contributed by atoms with Crippen molar-refractivity contribution in [3.63, 3.8) is 0 Å². The summed E-state index contributed by atoms with van der Waals surface area (Å²) in [6.07, 6.45) is 8.53. The lowest BCUT2D eigenvalue weighted by Gasteiger charge is -2.24. The van der Waals surface area contributed by atoms with Gasteiger partial charge in [0.25, 0.3) is 0 Å². The van der Waals surface area contributed by atoms with Crippen LogP contribution in [-0.4, -0.2) is 51.3 Å². The number of nitrogens with one attached hydrogen (secondary N) is 1. The van der Waals surface area contributed by atoms with Gasteiger partial charge in [0.1, 0.15) is 0 Å². The molecule has 0 amide bonds. The molecule has 0 saturated heterocycles. The molecule has 3 rings (SSSR count). The van der Waals surface area contributed by atoms with E-state index in [0.29, 0.717) is 0 Å². The SMILES string of the molecule is CN=C(NCC(C1CC1)C1CC1)N(C)CCOCC1CC1.I. The number of hydrogen-bond acceptors (Lipinski definition) is 2. The first-order chi connectivity index (χ1) is 10.3. The second-order valence-corrected chi connectivity index (χ2v) is 7.21. The van der Waals surface area contributed by atoms with Crippen molar-refractivity contribution in [2.24, 2.45) is 28.7 Å². The zero-order valence-electron chi connectivity index (χ0n) is 14.1. The topological polar surface area (TPSA) is 36.9 Å². The van der Waals surface area contributed by atoms with E-state index >= 15 is 0 Å². The van der Waals surface area contributed by atoms with Crippen molar-refractivity contribution in [2.45, 2.75) is 38.5 Å². The smallest absolute Gasteiger partial charge is 0.193 e. The van der Waals surface area contributed by atoms with Gasteiger partial charge in [0, 0.05) is 33.8 Å². The molecule has 0 aliphatic heterocycles. The van der Waals surface area contributed by atoms with E-state index in [9.17, 15) is 0 Å². The van der Waals surface area contributed by atoms with E-state index in [1.54, 1.807) is 0 Å². The Balaban J connectivity index is 0.00000176. The van der Waals surface area contributed by atoms with Crippen LogP contribution in [0.25, 0.3) is 0 Å². The Bertz CT molecular complexity index is 353. The van der Waals surface area contributed by atoms with Gasteiger partial charge in [-0.2, -0.15) is 0 Å². The number of nitrogens with zero attached hydrogens (tertiary/aromatic N) is 2. The van der Waals surface area contributed by atoms with Crippen LogP contribution in [0.1, 0.15) is 38.5 Å². The Kier molecular flexibility index (Phi) is 7.25. The lowest BCUT2D eigenvalue weighted by atomic mass is 9.98. The zero-order valence-corrected chi connectivity index (χ0v) is 16.4. The van der Waals surface area contributed by atoms with E-state index in [4.69, 9.17) is 4.74 Å². The molecule has 0 unspecified atom stereocenters. The summed E-state index contributed by atoms with van der Waals surface area (Å²) in [6, 6.07) is 0. The van der Waals surface area contributed by atoms with Crippen molar-refractivity contribution in [2.75, 3.05) is 40.4 Å². The molecule has 3 aliphatic rings. The van der Waals surface area contributed by atoms with Gasteiger partial charge in [-0.3, -0.25) is 4.99 Å². The van der Waals surface area contributed by atoms with Crippen LogP contribution in [0.15, 0.2) is 4.99 Å². The molecule has 128 valence electrons. The van der Waals surface area contributed by atoms with Gasteiger partial charge in [0.2, 0.25) is 0 Å². The van der Waals surface area contributed by atoms with Crippen molar-refractivity contribution in [3.8, 4) is 0 Å². The predicted molar refractivity (Wildman–Crippen MR) is 102 cm³/mol. The summed E-state index contributed by atoms with van der Waals surface area (Å²) in [5, 5.41) is 3.59. The molecule has 0 heterocycles. The Morgan fingerprint density at radius 1 is 1.18 bits per heavy atom. The average Bonchev–Trinajstić information content (AvgIpc) is 3.34. The van der Waals surface area contributed by atoms with Gasteiger partial charge in [-0.15, -0.1) is 24.0 Å². The summed E-state index contributed by atoms with van der Waals surface area (Å²) >= 11 is 0. The van der Waals surface area contributed by atoms with Gasteiger partial charge in [0.05, 0.1) is 6.61 Å². The minimum Gasteiger partial charge on any atom is -0.379 e. The van der Waals surface area contributed by atoms with E-state index < -0.39 is 0 Å². The molecule has 0 aromatic heterocycles. The third-order valence-electron chi connectivity index (χ3n) is 5.15. The van der Waals surface area contributed by atoms with Gasteiger partial charge >= 0.3 is 0 Å². The maximum atomic E-state index is 5.72. The summed E-state index contributed by atoms with van der Waals surface area (Å²) in [5.41, 5.74) is 0. The average molecular weight is 421 g/mol. The highest BCUT2D eigenvalue weighted by atomic mass is 127. The van der Waals surface area contributed by atoms with Crippen LogP contribution in [-0.2, 0) is 4.74 Å². The number of aliphatic imine (C=N–C) groups is 1. The van der Waals surface area contributed by atoms with E-state index in [1.165, 1.54) is 38.5 Å². The molecule has 3 fully saturated rings. The molecule has 0 radical (unpaired) electrons. The molecule has 1 N–H and O–H groups in total. The van der Waals surface area contributed by atoms with Crippen LogP contribution in [0.3, 0.4) is 0 Å². The van der Waals surface area contributed by atoms with Crippen LogP contribution in [0.2, 0.25) is 0 Å². The number of rotatable bonds is 9. The quantitative estimate of drug-likeness (QED) is 0.269. The Labute approximate surface area is 152 Å². The molecular weight excluding hydrogens is 389 g/mol. The van der Waals surface area contributed by atoms with E-state index in [2.05, 4.69) is 22.3 Å². The van der Waals surface area contributed by atoms with Gasteiger partial charge in [-0.1, -0.05) is 0 Å². The van der Waals surface area contributed by atoms with Crippen molar-refractivity contribution in [1.82, 2.24) is 10.2 Å². The molecule has 22 heavy (non-hydrogen) atoms. The minimum atomic E-state index is 0. The molecule has 0 spiro atoms. The molecule has 3 aliphatic carbocycles. The second-order valence-electron chi connectivity index (χ2n) is 7.21. The van der Waals surface area contributed by atoms with Crippen molar-refractivity contribution in [1.29, 1.82) is 0 Å². The Hall–Kier alpha value is -0.0400. The standard InChI is InChI=1S/C17H31N3O.HI/c1-18-17(20(2)9-10-21-12-13-3-4-13)19-11-16(14-5-6-14)15-7-8-15;/h13-16H,3-12H2,1-2H3,(H,18,19);1H. The molecular formula is C17H32IN3O. The normalized spacial score (nSPS) is 21.7. The highest BCUT2D eigenvalue weighted by molar-refractivity contribution is 14.0. The number of halogens is 1. The lowest BCUT2D eigenvalue weighted by Crippen LogP contribution is -2.43. The number of likely N-dealkylation sites (N-methyl/N-ethyl adjacent to an activating group) is 1. The van der Waals surface area contributed by atoms with Crippen LogP contribution < -0.4 is 5.32 Å². The lowest BCUT2D eigenvalue weighted by molar-refractivity contribution is 0.115.